The second kappa shape index (κ2) is 5.84. The van der Waals surface area contributed by atoms with Gasteiger partial charge in [-0.15, -0.1) is 6.58 Å². The Balaban J connectivity index is 1.82. The molecule has 21 heavy (non-hydrogen) atoms. The summed E-state index contributed by atoms with van der Waals surface area (Å²) < 4.78 is 5.12. The van der Waals surface area contributed by atoms with E-state index in [1.807, 2.05) is 12.1 Å². The highest BCUT2D eigenvalue weighted by Crippen LogP contribution is 2.58. The van der Waals surface area contributed by atoms with Crippen molar-refractivity contribution in [2.75, 3.05) is 6.79 Å². The monoisotopic (exact) mass is 286 g/mol. The first-order valence-electron chi connectivity index (χ1n) is 8.14. The van der Waals surface area contributed by atoms with Gasteiger partial charge in [0.2, 0.25) is 0 Å². The van der Waals surface area contributed by atoms with E-state index in [2.05, 4.69) is 31.7 Å². The number of aliphatic hydroxyl groups excluding tert-OH is 1. The molecular formula is C19H26O2. The van der Waals surface area contributed by atoms with Gasteiger partial charge in [0.1, 0.15) is 5.75 Å². The molecule has 0 amide bonds. The van der Waals surface area contributed by atoms with Crippen molar-refractivity contribution >= 4 is 0 Å². The van der Waals surface area contributed by atoms with Gasteiger partial charge in [0.05, 0.1) is 0 Å². The fourth-order valence-corrected chi connectivity index (χ4v) is 4.79. The Bertz CT molecular complexity index is 493. The third-order valence-corrected chi connectivity index (χ3v) is 5.93. The van der Waals surface area contributed by atoms with E-state index in [4.69, 9.17) is 9.84 Å². The third-order valence-electron chi connectivity index (χ3n) is 5.93. The van der Waals surface area contributed by atoms with Gasteiger partial charge in [-0.3, -0.25) is 0 Å². The van der Waals surface area contributed by atoms with E-state index in [0.29, 0.717) is 17.3 Å². The molecule has 2 aliphatic carbocycles. The number of hydrogen-bond acceptors (Lipinski definition) is 2. The third kappa shape index (κ3) is 2.62. The maximum atomic E-state index is 8.81. The van der Waals surface area contributed by atoms with Crippen LogP contribution in [0.4, 0.5) is 0 Å². The van der Waals surface area contributed by atoms with E-state index in [9.17, 15) is 0 Å². The van der Waals surface area contributed by atoms with Crippen LogP contribution in [0.1, 0.15) is 50.5 Å². The second-order valence-electron chi connectivity index (χ2n) is 6.95. The summed E-state index contributed by atoms with van der Waals surface area (Å²) in [5.41, 5.74) is 1.93. The van der Waals surface area contributed by atoms with Crippen LogP contribution in [-0.4, -0.2) is 11.9 Å². The average molecular weight is 286 g/mol. The number of fused-ring (bicyclic) bond motifs is 1. The molecule has 2 fully saturated rings. The minimum atomic E-state index is -0.265. The van der Waals surface area contributed by atoms with Gasteiger partial charge in [-0.05, 0) is 66.5 Å². The molecule has 0 saturated heterocycles. The molecule has 1 unspecified atom stereocenters. The SMILES string of the molecule is C=CC1[C@H](c2ccc(OCO)cc2)CC[C@]2(C)CCC[C@@H]12. The number of hydrogen-bond donors (Lipinski definition) is 1. The van der Waals surface area contributed by atoms with E-state index in [-0.39, 0.29) is 6.79 Å². The fourth-order valence-electron chi connectivity index (χ4n) is 4.79. The standard InChI is InChI=1S/C19H26O2/c1-3-16-17(10-12-19(2)11-4-5-18(16)19)14-6-8-15(9-7-14)21-13-20/h3,6-9,16-18,20H,1,4-5,10-13H2,2H3/t16?,17-,18-,19-/m0/s1. The zero-order valence-electron chi connectivity index (χ0n) is 12.9. The summed E-state index contributed by atoms with van der Waals surface area (Å²) in [5, 5.41) is 8.81. The van der Waals surface area contributed by atoms with Gasteiger partial charge in [-0.25, -0.2) is 0 Å². The Kier molecular flexibility index (Phi) is 4.08. The normalized spacial score (nSPS) is 35.2. The Morgan fingerprint density at radius 2 is 2.05 bits per heavy atom. The maximum absolute atomic E-state index is 8.81. The predicted octanol–water partition coefficient (Wildman–Crippen LogP) is 4.50. The van der Waals surface area contributed by atoms with Crippen molar-refractivity contribution in [3.05, 3.63) is 42.5 Å². The van der Waals surface area contributed by atoms with E-state index in [1.165, 1.54) is 37.7 Å². The highest BCUT2D eigenvalue weighted by molar-refractivity contribution is 5.31. The lowest BCUT2D eigenvalue weighted by molar-refractivity contribution is 0.0945. The van der Waals surface area contributed by atoms with Crippen LogP contribution in [0.25, 0.3) is 0 Å². The van der Waals surface area contributed by atoms with E-state index < -0.39 is 0 Å². The van der Waals surface area contributed by atoms with Gasteiger partial charge in [-0.1, -0.05) is 31.6 Å². The lowest BCUT2D eigenvalue weighted by atomic mass is 9.59. The molecule has 1 aromatic carbocycles. The minimum Gasteiger partial charge on any atom is -0.468 e. The van der Waals surface area contributed by atoms with Crippen LogP contribution < -0.4 is 4.74 Å². The molecule has 0 aromatic heterocycles. The van der Waals surface area contributed by atoms with Crippen LogP contribution in [0.15, 0.2) is 36.9 Å². The molecule has 1 aromatic rings. The number of rotatable bonds is 4. The van der Waals surface area contributed by atoms with Crippen LogP contribution in [0.5, 0.6) is 5.75 Å². The van der Waals surface area contributed by atoms with Crippen molar-refractivity contribution in [2.24, 2.45) is 17.3 Å². The summed E-state index contributed by atoms with van der Waals surface area (Å²) in [7, 11) is 0. The molecule has 0 aliphatic heterocycles. The van der Waals surface area contributed by atoms with Crippen molar-refractivity contribution in [1.29, 1.82) is 0 Å². The van der Waals surface area contributed by atoms with E-state index in [1.54, 1.807) is 0 Å². The Morgan fingerprint density at radius 1 is 1.29 bits per heavy atom. The quantitative estimate of drug-likeness (QED) is 0.652. The topological polar surface area (TPSA) is 29.5 Å². The zero-order valence-corrected chi connectivity index (χ0v) is 12.9. The van der Waals surface area contributed by atoms with Crippen LogP contribution in [0.2, 0.25) is 0 Å². The van der Waals surface area contributed by atoms with Crippen molar-refractivity contribution in [3.8, 4) is 5.75 Å². The molecule has 0 spiro atoms. The van der Waals surface area contributed by atoms with Crippen LogP contribution in [0, 0.1) is 17.3 Å². The molecular weight excluding hydrogens is 260 g/mol. The summed E-state index contributed by atoms with van der Waals surface area (Å²) in [6.45, 7) is 6.36. The van der Waals surface area contributed by atoms with Crippen LogP contribution in [-0.2, 0) is 0 Å². The van der Waals surface area contributed by atoms with Gasteiger partial charge < -0.3 is 9.84 Å². The van der Waals surface area contributed by atoms with Gasteiger partial charge >= 0.3 is 0 Å². The Labute approximate surface area is 127 Å². The number of benzene rings is 1. The first kappa shape index (κ1) is 14.6. The van der Waals surface area contributed by atoms with E-state index in [0.717, 1.165) is 11.7 Å². The molecule has 0 heterocycles. The largest absolute Gasteiger partial charge is 0.468 e. The molecule has 3 rings (SSSR count). The highest BCUT2D eigenvalue weighted by atomic mass is 16.6. The molecule has 2 aliphatic rings. The lowest BCUT2D eigenvalue weighted by Crippen LogP contribution is -2.36. The van der Waals surface area contributed by atoms with Gasteiger partial charge in [-0.2, -0.15) is 0 Å². The molecule has 1 N–H and O–H groups in total. The summed E-state index contributed by atoms with van der Waals surface area (Å²) in [5.74, 6) is 2.71. The summed E-state index contributed by atoms with van der Waals surface area (Å²) in [4.78, 5) is 0. The average Bonchev–Trinajstić information content (AvgIpc) is 2.89. The molecule has 2 heteroatoms. The molecule has 2 saturated carbocycles. The molecule has 0 bridgehead atoms. The first-order chi connectivity index (χ1) is 10.2. The predicted molar refractivity (Wildman–Crippen MR) is 85.3 cm³/mol. The number of ether oxygens (including phenoxy) is 1. The number of allylic oxidation sites excluding steroid dienone is 1. The highest BCUT2D eigenvalue weighted by Gasteiger charge is 2.47. The lowest BCUT2D eigenvalue weighted by Gasteiger charge is -2.45. The first-order valence-corrected chi connectivity index (χ1v) is 8.14. The summed E-state index contributed by atoms with van der Waals surface area (Å²) in [6, 6.07) is 8.25. The molecule has 114 valence electrons. The second-order valence-corrected chi connectivity index (χ2v) is 6.95. The van der Waals surface area contributed by atoms with Crippen LogP contribution in [0.3, 0.4) is 0 Å². The van der Waals surface area contributed by atoms with Crippen molar-refractivity contribution in [1.82, 2.24) is 0 Å². The van der Waals surface area contributed by atoms with Gasteiger partial charge in [0.15, 0.2) is 6.79 Å². The molecule has 2 nitrogen and oxygen atoms in total. The van der Waals surface area contributed by atoms with Gasteiger partial charge in [0.25, 0.3) is 0 Å². The van der Waals surface area contributed by atoms with Crippen molar-refractivity contribution < 1.29 is 9.84 Å². The maximum Gasteiger partial charge on any atom is 0.186 e. The Hall–Kier alpha value is -1.28. The van der Waals surface area contributed by atoms with E-state index >= 15 is 0 Å². The molecule has 4 atom stereocenters. The summed E-state index contributed by atoms with van der Waals surface area (Å²) >= 11 is 0. The number of aliphatic hydroxyl groups is 1. The zero-order chi connectivity index (χ0) is 14.9. The van der Waals surface area contributed by atoms with Gasteiger partial charge in [0, 0.05) is 0 Å². The van der Waals surface area contributed by atoms with Crippen LogP contribution >= 0.6 is 0 Å². The van der Waals surface area contributed by atoms with Crippen molar-refractivity contribution in [2.45, 2.75) is 44.9 Å². The minimum absolute atomic E-state index is 0.265. The smallest absolute Gasteiger partial charge is 0.186 e. The summed E-state index contributed by atoms with van der Waals surface area (Å²) in [6.07, 6.45) is 8.91. The fraction of sp³-hybridized carbons (Fsp3) is 0.579. The van der Waals surface area contributed by atoms with Crippen molar-refractivity contribution in [3.63, 3.8) is 0 Å². The molecule has 0 radical (unpaired) electrons. The Morgan fingerprint density at radius 3 is 2.71 bits per heavy atom.